The van der Waals surface area contributed by atoms with Crippen LogP contribution in [0, 0.1) is 15.9 Å². The topological polar surface area (TPSA) is 81.5 Å². The third-order valence-electron chi connectivity index (χ3n) is 1.96. The van der Waals surface area contributed by atoms with Crippen molar-refractivity contribution in [1.82, 2.24) is 0 Å². The minimum atomic E-state index is -0.987. The van der Waals surface area contributed by atoms with Crippen LogP contribution in [0.1, 0.15) is 6.42 Å². The summed E-state index contributed by atoms with van der Waals surface area (Å²) in [5.41, 5.74) is -0.450. The number of nitro benzene ring substituents is 1. The van der Waals surface area contributed by atoms with Gasteiger partial charge >= 0.3 is 5.69 Å². The normalized spacial score (nSPS) is 10.0. The van der Waals surface area contributed by atoms with Crippen molar-refractivity contribution < 1.29 is 18.8 Å². The summed E-state index contributed by atoms with van der Waals surface area (Å²) in [7, 11) is 1.46. The van der Waals surface area contributed by atoms with Crippen LogP contribution >= 0.6 is 0 Å². The molecule has 0 aliphatic heterocycles. The maximum Gasteiger partial charge on any atom is 0.304 e. The molecule has 0 radical (unpaired) electrons. The van der Waals surface area contributed by atoms with E-state index in [1.807, 2.05) is 0 Å². The molecular weight excluding hydrogens is 231 g/mol. The van der Waals surface area contributed by atoms with Gasteiger partial charge < -0.3 is 10.1 Å². The Morgan fingerprint density at radius 3 is 2.82 bits per heavy atom. The van der Waals surface area contributed by atoms with Crippen molar-refractivity contribution in [2.75, 3.05) is 19.0 Å². The number of hydrogen-bond acceptors (Lipinski definition) is 4. The van der Waals surface area contributed by atoms with Gasteiger partial charge in [-0.2, -0.15) is 4.39 Å². The fourth-order valence-corrected chi connectivity index (χ4v) is 1.15. The highest BCUT2D eigenvalue weighted by molar-refractivity contribution is 5.90. The Hall–Kier alpha value is -2.02. The molecule has 1 amide bonds. The average Bonchev–Trinajstić information content (AvgIpc) is 2.26. The second-order valence-corrected chi connectivity index (χ2v) is 3.21. The monoisotopic (exact) mass is 242 g/mol. The van der Waals surface area contributed by atoms with Crippen LogP contribution in [0.15, 0.2) is 18.2 Å². The molecule has 0 saturated carbocycles. The highest BCUT2D eigenvalue weighted by Crippen LogP contribution is 2.20. The van der Waals surface area contributed by atoms with Crippen molar-refractivity contribution in [2.45, 2.75) is 6.42 Å². The molecule has 1 rings (SSSR count). The molecule has 0 fully saturated rings. The number of carbonyl (C=O) groups excluding carboxylic acids is 1. The van der Waals surface area contributed by atoms with E-state index in [0.717, 1.165) is 12.1 Å². The molecule has 0 spiro atoms. The number of nitrogens with zero attached hydrogens (tertiary/aromatic N) is 1. The predicted molar refractivity (Wildman–Crippen MR) is 58.2 cm³/mol. The molecule has 0 aromatic heterocycles. The van der Waals surface area contributed by atoms with Crippen molar-refractivity contribution >= 4 is 17.3 Å². The van der Waals surface area contributed by atoms with Gasteiger partial charge in [0.2, 0.25) is 11.7 Å². The minimum Gasteiger partial charge on any atom is -0.384 e. The predicted octanol–water partition coefficient (Wildman–Crippen LogP) is 1.71. The zero-order valence-corrected chi connectivity index (χ0v) is 9.10. The number of benzene rings is 1. The number of nitro groups is 1. The lowest BCUT2D eigenvalue weighted by molar-refractivity contribution is -0.387. The first-order valence-corrected chi connectivity index (χ1v) is 4.77. The number of carbonyl (C=O) groups is 1. The summed E-state index contributed by atoms with van der Waals surface area (Å²) in [4.78, 5) is 20.8. The van der Waals surface area contributed by atoms with Crippen LogP contribution in [0.25, 0.3) is 0 Å². The van der Waals surface area contributed by atoms with E-state index < -0.39 is 16.4 Å². The summed E-state index contributed by atoms with van der Waals surface area (Å²) in [6.07, 6.45) is 0.134. The van der Waals surface area contributed by atoms with E-state index in [0.29, 0.717) is 0 Å². The van der Waals surface area contributed by atoms with Gasteiger partial charge in [-0.3, -0.25) is 14.9 Å². The fourth-order valence-electron chi connectivity index (χ4n) is 1.15. The summed E-state index contributed by atoms with van der Waals surface area (Å²) in [6.45, 7) is 0.251. The van der Waals surface area contributed by atoms with Crippen LogP contribution in [0.2, 0.25) is 0 Å². The molecular formula is C10H11FN2O4. The number of halogens is 1. The molecule has 0 bridgehead atoms. The Kier molecular flexibility index (Phi) is 4.53. The van der Waals surface area contributed by atoms with Crippen LogP contribution < -0.4 is 5.32 Å². The number of nitrogens with one attached hydrogen (secondary N) is 1. The van der Waals surface area contributed by atoms with E-state index in [2.05, 4.69) is 5.32 Å². The van der Waals surface area contributed by atoms with E-state index >= 15 is 0 Å². The first-order chi connectivity index (χ1) is 8.04. The van der Waals surface area contributed by atoms with E-state index in [1.165, 1.54) is 13.2 Å². The van der Waals surface area contributed by atoms with Gasteiger partial charge in [-0.1, -0.05) is 0 Å². The summed E-state index contributed by atoms with van der Waals surface area (Å²) < 4.78 is 17.9. The first kappa shape index (κ1) is 13.0. The fraction of sp³-hybridized carbons (Fsp3) is 0.300. The quantitative estimate of drug-likeness (QED) is 0.629. The standard InChI is InChI=1S/C10H11FN2O4/c1-17-5-4-10(14)12-7-2-3-9(13(15)16)8(11)6-7/h2-3,6H,4-5H2,1H3,(H,12,14). The molecule has 1 aromatic rings. The number of methoxy groups -OCH3 is 1. The average molecular weight is 242 g/mol. The Bertz CT molecular complexity index is 436. The number of rotatable bonds is 5. The number of anilines is 1. The zero-order valence-electron chi connectivity index (χ0n) is 9.10. The lowest BCUT2D eigenvalue weighted by Crippen LogP contribution is -2.13. The molecule has 6 nitrogen and oxygen atoms in total. The first-order valence-electron chi connectivity index (χ1n) is 4.77. The third kappa shape index (κ3) is 3.80. The number of ether oxygens (including phenoxy) is 1. The molecule has 0 unspecified atom stereocenters. The highest BCUT2D eigenvalue weighted by Gasteiger charge is 2.14. The SMILES string of the molecule is COCCC(=O)Nc1ccc([N+](=O)[O-])c(F)c1. The van der Waals surface area contributed by atoms with Crippen LogP contribution in [0.5, 0.6) is 0 Å². The van der Waals surface area contributed by atoms with Gasteiger partial charge in [0, 0.05) is 24.9 Å². The summed E-state index contributed by atoms with van der Waals surface area (Å²) in [5.74, 6) is -1.33. The van der Waals surface area contributed by atoms with Gasteiger partial charge in [-0.15, -0.1) is 0 Å². The largest absolute Gasteiger partial charge is 0.384 e. The molecule has 1 aromatic carbocycles. The van der Waals surface area contributed by atoms with Crippen LogP contribution in [-0.2, 0) is 9.53 Å². The molecule has 7 heteroatoms. The molecule has 1 N–H and O–H groups in total. The van der Waals surface area contributed by atoms with E-state index in [9.17, 15) is 19.3 Å². The molecule has 17 heavy (non-hydrogen) atoms. The molecule has 0 atom stereocenters. The van der Waals surface area contributed by atoms with Crippen molar-refractivity contribution in [2.24, 2.45) is 0 Å². The smallest absolute Gasteiger partial charge is 0.304 e. The lowest BCUT2D eigenvalue weighted by atomic mass is 10.2. The highest BCUT2D eigenvalue weighted by atomic mass is 19.1. The second-order valence-electron chi connectivity index (χ2n) is 3.21. The van der Waals surface area contributed by atoms with E-state index in [-0.39, 0.29) is 24.6 Å². The van der Waals surface area contributed by atoms with Crippen LogP contribution in [0.4, 0.5) is 15.8 Å². The van der Waals surface area contributed by atoms with Gasteiger partial charge in [-0.25, -0.2) is 0 Å². The Morgan fingerprint density at radius 1 is 1.59 bits per heavy atom. The van der Waals surface area contributed by atoms with Crippen molar-refractivity contribution in [3.63, 3.8) is 0 Å². The third-order valence-corrected chi connectivity index (χ3v) is 1.96. The maximum absolute atomic E-state index is 13.2. The summed E-state index contributed by atoms with van der Waals surface area (Å²) >= 11 is 0. The minimum absolute atomic E-state index is 0.134. The summed E-state index contributed by atoms with van der Waals surface area (Å²) in [5, 5.41) is 12.8. The second kappa shape index (κ2) is 5.90. The Balaban J connectivity index is 2.70. The Morgan fingerprint density at radius 2 is 2.29 bits per heavy atom. The van der Waals surface area contributed by atoms with Gasteiger partial charge in [0.1, 0.15) is 0 Å². The molecule has 0 saturated heterocycles. The van der Waals surface area contributed by atoms with Crippen molar-refractivity contribution in [3.05, 3.63) is 34.1 Å². The maximum atomic E-state index is 13.2. The lowest BCUT2D eigenvalue weighted by Gasteiger charge is -2.04. The van der Waals surface area contributed by atoms with Gasteiger partial charge in [-0.05, 0) is 6.07 Å². The molecule has 92 valence electrons. The summed E-state index contributed by atoms with van der Waals surface area (Å²) in [6, 6.07) is 3.18. The number of amides is 1. The molecule has 0 heterocycles. The van der Waals surface area contributed by atoms with Crippen LogP contribution in [-0.4, -0.2) is 24.5 Å². The van der Waals surface area contributed by atoms with Crippen molar-refractivity contribution in [3.8, 4) is 0 Å². The Labute approximate surface area is 96.5 Å². The molecule has 0 aliphatic rings. The van der Waals surface area contributed by atoms with Crippen LogP contribution in [0.3, 0.4) is 0 Å². The zero-order chi connectivity index (χ0) is 12.8. The number of hydrogen-bond donors (Lipinski definition) is 1. The van der Waals surface area contributed by atoms with E-state index in [4.69, 9.17) is 4.74 Å². The molecule has 0 aliphatic carbocycles. The van der Waals surface area contributed by atoms with Crippen molar-refractivity contribution in [1.29, 1.82) is 0 Å². The van der Waals surface area contributed by atoms with Gasteiger partial charge in [0.05, 0.1) is 18.0 Å². The van der Waals surface area contributed by atoms with E-state index in [1.54, 1.807) is 0 Å². The van der Waals surface area contributed by atoms with Gasteiger partial charge in [0.15, 0.2) is 0 Å². The van der Waals surface area contributed by atoms with Gasteiger partial charge in [0.25, 0.3) is 0 Å².